The fraction of sp³-hybridized carbons (Fsp3) is 0.222. The Bertz CT molecular complexity index is 415. The molecule has 7 heteroatoms. The molecule has 0 unspecified atom stereocenters. The molecule has 0 aromatic carbocycles. The van der Waals surface area contributed by atoms with Crippen LogP contribution in [-0.4, -0.2) is 23.7 Å². The lowest BCUT2D eigenvalue weighted by Gasteiger charge is -2.07. The Hall–Kier alpha value is -1.92. The molecule has 0 aliphatic carbocycles. The third kappa shape index (κ3) is 3.34. The van der Waals surface area contributed by atoms with E-state index in [9.17, 15) is 23.1 Å². The Morgan fingerprint density at radius 3 is 2.81 bits per heavy atom. The van der Waals surface area contributed by atoms with Crippen molar-refractivity contribution in [1.29, 1.82) is 0 Å². The smallest absolute Gasteiger partial charge is 0.433 e. The molecule has 0 bridgehead atoms. The van der Waals surface area contributed by atoms with Gasteiger partial charge in [0.25, 0.3) is 0 Å². The van der Waals surface area contributed by atoms with Crippen LogP contribution in [0.1, 0.15) is 11.3 Å². The molecule has 16 heavy (non-hydrogen) atoms. The van der Waals surface area contributed by atoms with Gasteiger partial charge < -0.3 is 9.90 Å². The van der Waals surface area contributed by atoms with Crippen LogP contribution >= 0.6 is 0 Å². The first-order chi connectivity index (χ1) is 7.41. The maximum Gasteiger partial charge on any atom is 0.433 e. The van der Waals surface area contributed by atoms with Gasteiger partial charge in [0.15, 0.2) is 5.69 Å². The molecular weight excluding hydrogens is 225 g/mol. The molecule has 0 N–H and O–H groups in total. The van der Waals surface area contributed by atoms with Gasteiger partial charge in [0.1, 0.15) is 0 Å². The van der Waals surface area contributed by atoms with Crippen LogP contribution in [0.3, 0.4) is 0 Å². The minimum absolute atomic E-state index is 0.281. The van der Waals surface area contributed by atoms with Crippen molar-refractivity contribution in [2.75, 3.05) is 6.54 Å². The Balaban J connectivity index is 2.96. The summed E-state index contributed by atoms with van der Waals surface area (Å²) in [4.78, 5) is 16.5. The van der Waals surface area contributed by atoms with Gasteiger partial charge in [-0.05, 0) is 12.1 Å². The highest BCUT2D eigenvalue weighted by molar-refractivity contribution is 5.82. The van der Waals surface area contributed by atoms with E-state index in [1.165, 1.54) is 6.07 Å². The van der Waals surface area contributed by atoms with Gasteiger partial charge in [-0.25, -0.2) is 0 Å². The minimum Gasteiger partial charge on any atom is -0.548 e. The molecule has 0 atom stereocenters. The average molecular weight is 231 g/mol. The van der Waals surface area contributed by atoms with Crippen LogP contribution < -0.4 is 5.11 Å². The molecule has 0 amide bonds. The predicted octanol–water partition coefficient (Wildman–Crippen LogP) is 0.269. The number of pyridine rings is 1. The quantitative estimate of drug-likeness (QED) is 0.701. The Morgan fingerprint density at radius 1 is 1.56 bits per heavy atom. The van der Waals surface area contributed by atoms with E-state index in [1.54, 1.807) is 0 Å². The zero-order chi connectivity index (χ0) is 12.2. The standard InChI is InChI=1S/C9H7F3N2O2/c10-9(11,12)8-6(2-1-3-14-8)4-13-5-7(15)16/h1-4H,5H2,(H,15,16)/p-1. The summed E-state index contributed by atoms with van der Waals surface area (Å²) < 4.78 is 37.1. The number of aliphatic imine (C=N–C) groups is 1. The van der Waals surface area contributed by atoms with E-state index >= 15 is 0 Å². The SMILES string of the molecule is O=C([O-])CN=Cc1cccnc1C(F)(F)F. The first-order valence-electron chi connectivity index (χ1n) is 4.13. The molecule has 1 heterocycles. The summed E-state index contributed by atoms with van der Waals surface area (Å²) in [7, 11) is 0. The third-order valence-corrected chi connectivity index (χ3v) is 1.56. The van der Waals surface area contributed by atoms with Crippen molar-refractivity contribution in [3.8, 4) is 0 Å². The summed E-state index contributed by atoms with van der Waals surface area (Å²) >= 11 is 0. The number of carboxylic acid groups (broad SMARTS) is 1. The maximum absolute atomic E-state index is 12.4. The van der Waals surface area contributed by atoms with Crippen LogP contribution in [0.15, 0.2) is 23.3 Å². The van der Waals surface area contributed by atoms with E-state index in [0.717, 1.165) is 18.5 Å². The second-order valence-electron chi connectivity index (χ2n) is 2.78. The highest BCUT2D eigenvalue weighted by atomic mass is 19.4. The molecule has 4 nitrogen and oxygen atoms in total. The number of aliphatic carboxylic acids is 1. The second-order valence-corrected chi connectivity index (χ2v) is 2.78. The molecule has 0 aliphatic rings. The highest BCUT2D eigenvalue weighted by Crippen LogP contribution is 2.29. The monoisotopic (exact) mass is 231 g/mol. The van der Waals surface area contributed by atoms with Gasteiger partial charge in [-0.3, -0.25) is 9.98 Å². The normalized spacial score (nSPS) is 11.9. The van der Waals surface area contributed by atoms with Crippen LogP contribution in [0.4, 0.5) is 13.2 Å². The Kier molecular flexibility index (Phi) is 3.60. The van der Waals surface area contributed by atoms with E-state index < -0.39 is 24.4 Å². The summed E-state index contributed by atoms with van der Waals surface area (Å²) in [6.07, 6.45) is -2.78. The fourth-order valence-corrected chi connectivity index (χ4v) is 0.977. The van der Waals surface area contributed by atoms with Crippen molar-refractivity contribution in [2.45, 2.75) is 6.18 Å². The number of nitrogens with zero attached hydrogens (tertiary/aromatic N) is 2. The number of aromatic nitrogens is 1. The lowest BCUT2D eigenvalue weighted by molar-refractivity contribution is -0.303. The maximum atomic E-state index is 12.4. The predicted molar refractivity (Wildman–Crippen MR) is 46.7 cm³/mol. The van der Waals surface area contributed by atoms with E-state index in [2.05, 4.69) is 9.98 Å². The van der Waals surface area contributed by atoms with Crippen LogP contribution in [0, 0.1) is 0 Å². The number of rotatable bonds is 3. The van der Waals surface area contributed by atoms with Gasteiger partial charge in [0, 0.05) is 18.0 Å². The van der Waals surface area contributed by atoms with E-state index in [4.69, 9.17) is 0 Å². The van der Waals surface area contributed by atoms with Gasteiger partial charge in [-0.2, -0.15) is 13.2 Å². The van der Waals surface area contributed by atoms with Crippen molar-refractivity contribution in [2.24, 2.45) is 4.99 Å². The number of carbonyl (C=O) groups excluding carboxylic acids is 1. The van der Waals surface area contributed by atoms with E-state index in [1.807, 2.05) is 0 Å². The van der Waals surface area contributed by atoms with Gasteiger partial charge in [0.05, 0.1) is 12.5 Å². The molecule has 0 aliphatic heterocycles. The second kappa shape index (κ2) is 4.73. The van der Waals surface area contributed by atoms with E-state index in [0.29, 0.717) is 0 Å². The number of halogens is 3. The molecule has 0 spiro atoms. The van der Waals surface area contributed by atoms with Crippen LogP contribution in [0.2, 0.25) is 0 Å². The number of alkyl halides is 3. The topological polar surface area (TPSA) is 65.4 Å². The Labute approximate surface area is 88.5 Å². The third-order valence-electron chi connectivity index (χ3n) is 1.56. The first-order valence-corrected chi connectivity index (χ1v) is 4.13. The molecule has 0 saturated heterocycles. The molecule has 0 radical (unpaired) electrons. The molecular formula is C9H6F3N2O2-. The highest BCUT2D eigenvalue weighted by Gasteiger charge is 2.34. The van der Waals surface area contributed by atoms with Crippen molar-refractivity contribution >= 4 is 12.2 Å². The zero-order valence-electron chi connectivity index (χ0n) is 7.86. The fourth-order valence-electron chi connectivity index (χ4n) is 0.977. The summed E-state index contributed by atoms with van der Waals surface area (Å²) in [5.74, 6) is -1.46. The number of carboxylic acids is 1. The number of carbonyl (C=O) groups is 1. The van der Waals surface area contributed by atoms with Crippen LogP contribution in [0.25, 0.3) is 0 Å². The van der Waals surface area contributed by atoms with E-state index in [-0.39, 0.29) is 5.56 Å². The Morgan fingerprint density at radius 2 is 2.25 bits per heavy atom. The van der Waals surface area contributed by atoms with Crippen LogP contribution in [0.5, 0.6) is 0 Å². The van der Waals surface area contributed by atoms with Crippen molar-refractivity contribution in [1.82, 2.24) is 4.98 Å². The first kappa shape index (κ1) is 12.2. The summed E-state index contributed by atoms with van der Waals surface area (Å²) in [6.45, 7) is -0.688. The minimum atomic E-state index is -4.59. The number of hydrogen-bond donors (Lipinski definition) is 0. The molecule has 0 saturated carbocycles. The van der Waals surface area contributed by atoms with Gasteiger partial charge in [-0.15, -0.1) is 0 Å². The molecule has 0 fully saturated rings. The average Bonchev–Trinajstić information content (AvgIpc) is 2.16. The summed E-state index contributed by atoms with van der Waals surface area (Å²) in [6, 6.07) is 2.45. The summed E-state index contributed by atoms with van der Waals surface area (Å²) in [5, 5.41) is 10.0. The van der Waals surface area contributed by atoms with Crippen molar-refractivity contribution in [3.63, 3.8) is 0 Å². The lowest BCUT2D eigenvalue weighted by atomic mass is 10.2. The molecule has 1 rings (SSSR count). The van der Waals surface area contributed by atoms with Gasteiger partial charge in [-0.1, -0.05) is 0 Å². The van der Waals surface area contributed by atoms with Gasteiger partial charge >= 0.3 is 6.18 Å². The van der Waals surface area contributed by atoms with Gasteiger partial charge in [0.2, 0.25) is 0 Å². The van der Waals surface area contributed by atoms with Crippen LogP contribution in [-0.2, 0) is 11.0 Å². The molecule has 1 aromatic heterocycles. The molecule has 1 aromatic rings. The van der Waals surface area contributed by atoms with Crippen molar-refractivity contribution in [3.05, 3.63) is 29.6 Å². The largest absolute Gasteiger partial charge is 0.548 e. The zero-order valence-corrected chi connectivity index (χ0v) is 7.86. The lowest BCUT2D eigenvalue weighted by Crippen LogP contribution is -2.25. The number of hydrogen-bond acceptors (Lipinski definition) is 4. The summed E-state index contributed by atoms with van der Waals surface area (Å²) in [5.41, 5.74) is -1.38. The van der Waals surface area contributed by atoms with Crippen molar-refractivity contribution < 1.29 is 23.1 Å². The molecule has 86 valence electrons.